The van der Waals surface area contributed by atoms with Gasteiger partial charge >= 0.3 is 11.9 Å². The van der Waals surface area contributed by atoms with Crippen LogP contribution in [-0.2, 0) is 20.7 Å². The van der Waals surface area contributed by atoms with Crippen LogP contribution in [0.25, 0.3) is 0 Å². The lowest BCUT2D eigenvalue weighted by atomic mass is 9.69. The van der Waals surface area contributed by atoms with E-state index in [-0.39, 0.29) is 25.4 Å². The van der Waals surface area contributed by atoms with Gasteiger partial charge in [-0.25, -0.2) is 0 Å². The zero-order valence-electron chi connectivity index (χ0n) is 12.2. The molecule has 0 aromatic heterocycles. The summed E-state index contributed by atoms with van der Waals surface area (Å²) >= 11 is 0. The minimum atomic E-state index is -1.97. The minimum Gasteiger partial charge on any atom is -0.480 e. The van der Waals surface area contributed by atoms with Crippen molar-refractivity contribution >= 4 is 24.3 Å². The van der Waals surface area contributed by atoms with E-state index in [0.29, 0.717) is 12.0 Å². The van der Waals surface area contributed by atoms with Crippen LogP contribution in [-0.4, -0.2) is 41.9 Å². The zero-order chi connectivity index (χ0) is 15.6. The second kappa shape index (κ2) is 7.09. The summed E-state index contributed by atoms with van der Waals surface area (Å²) in [4.78, 5) is 23.6. The van der Waals surface area contributed by atoms with Crippen molar-refractivity contribution in [1.82, 2.24) is 0 Å². The fraction of sp³-hybridized carbons (Fsp3) is 0.467. The van der Waals surface area contributed by atoms with Gasteiger partial charge in [-0.05, 0) is 24.0 Å². The van der Waals surface area contributed by atoms with Crippen LogP contribution >= 0.6 is 12.4 Å². The van der Waals surface area contributed by atoms with Gasteiger partial charge in [0.2, 0.25) is 0 Å². The number of fused-ring (bicyclic) bond motifs is 1. The first-order chi connectivity index (χ1) is 9.95. The number of rotatable bonds is 6. The predicted octanol–water partition coefficient (Wildman–Crippen LogP) is 1.27. The fourth-order valence-corrected chi connectivity index (χ4v) is 3.25. The van der Waals surface area contributed by atoms with Crippen LogP contribution in [0, 0.1) is 5.41 Å². The number of hydrogen-bond acceptors (Lipinski definition) is 4. The van der Waals surface area contributed by atoms with E-state index < -0.39 is 29.3 Å². The molecule has 1 aliphatic rings. The molecular formula is C15H20ClNO5. The van der Waals surface area contributed by atoms with E-state index in [9.17, 15) is 19.8 Å². The molecule has 0 radical (unpaired) electrons. The monoisotopic (exact) mass is 329 g/mol. The van der Waals surface area contributed by atoms with E-state index in [1.54, 1.807) is 12.1 Å². The molecule has 1 aromatic rings. The Bertz CT molecular complexity index is 549. The molecule has 0 unspecified atom stereocenters. The summed E-state index contributed by atoms with van der Waals surface area (Å²) in [6.07, 6.45) is 0.358. The lowest BCUT2D eigenvalue weighted by Crippen LogP contribution is -2.50. The fourth-order valence-electron chi connectivity index (χ4n) is 3.25. The Hall–Kier alpha value is -1.63. The summed E-state index contributed by atoms with van der Waals surface area (Å²) < 4.78 is 4.91. The van der Waals surface area contributed by atoms with Crippen LogP contribution in [0.5, 0.6) is 0 Å². The number of aliphatic carboxylic acids is 2. The Balaban J connectivity index is 0.00000242. The number of methoxy groups -OCH3 is 1. The van der Waals surface area contributed by atoms with Gasteiger partial charge in [0.05, 0.1) is 0 Å². The van der Waals surface area contributed by atoms with Crippen molar-refractivity contribution in [2.75, 3.05) is 13.7 Å². The molecule has 0 saturated heterocycles. The first-order valence-corrected chi connectivity index (χ1v) is 6.74. The summed E-state index contributed by atoms with van der Waals surface area (Å²) in [6.45, 7) is 0.0456. The Kier molecular flexibility index (Phi) is 5.93. The van der Waals surface area contributed by atoms with Crippen LogP contribution in [0.1, 0.15) is 23.5 Å². The summed E-state index contributed by atoms with van der Waals surface area (Å²) in [7, 11) is 1.41. The molecule has 0 saturated carbocycles. The van der Waals surface area contributed by atoms with Crippen LogP contribution < -0.4 is 5.73 Å². The predicted molar refractivity (Wildman–Crippen MR) is 82.3 cm³/mol. The van der Waals surface area contributed by atoms with E-state index >= 15 is 0 Å². The van der Waals surface area contributed by atoms with Crippen molar-refractivity contribution in [1.29, 1.82) is 0 Å². The third kappa shape index (κ3) is 2.82. The molecular weight excluding hydrogens is 310 g/mol. The molecule has 1 aliphatic carbocycles. The van der Waals surface area contributed by atoms with Crippen LogP contribution in [0.15, 0.2) is 24.3 Å². The van der Waals surface area contributed by atoms with E-state index in [1.165, 1.54) is 7.11 Å². The summed E-state index contributed by atoms with van der Waals surface area (Å²) in [5, 5.41) is 19.3. The number of carboxylic acids is 2. The van der Waals surface area contributed by atoms with Crippen LogP contribution in [0.2, 0.25) is 0 Å². The quantitative estimate of drug-likeness (QED) is 0.678. The number of carbonyl (C=O) groups is 2. The van der Waals surface area contributed by atoms with Gasteiger partial charge < -0.3 is 20.7 Å². The van der Waals surface area contributed by atoms with Gasteiger partial charge in [-0.2, -0.15) is 0 Å². The summed E-state index contributed by atoms with van der Waals surface area (Å²) in [5.74, 6) is -3.51. The van der Waals surface area contributed by atoms with E-state index in [0.717, 1.165) is 5.56 Å². The molecule has 7 heteroatoms. The van der Waals surface area contributed by atoms with Gasteiger partial charge in [-0.1, -0.05) is 24.3 Å². The summed E-state index contributed by atoms with van der Waals surface area (Å²) in [6, 6.07) is 6.70. The molecule has 6 nitrogen and oxygen atoms in total. The van der Waals surface area contributed by atoms with E-state index in [4.69, 9.17) is 10.5 Å². The normalized spacial score (nSPS) is 20.1. The van der Waals surface area contributed by atoms with Crippen molar-refractivity contribution in [3.8, 4) is 0 Å². The van der Waals surface area contributed by atoms with Gasteiger partial charge in [-0.3, -0.25) is 9.59 Å². The van der Waals surface area contributed by atoms with Gasteiger partial charge in [0.25, 0.3) is 0 Å². The molecule has 2 atom stereocenters. The molecule has 0 spiro atoms. The molecule has 122 valence electrons. The van der Waals surface area contributed by atoms with Crippen molar-refractivity contribution < 1.29 is 24.5 Å². The summed E-state index contributed by atoms with van der Waals surface area (Å²) in [5.41, 5.74) is 5.75. The number of halogens is 1. The number of hydrogen-bond donors (Lipinski definition) is 3. The van der Waals surface area contributed by atoms with Crippen LogP contribution in [0.3, 0.4) is 0 Å². The van der Waals surface area contributed by atoms with Crippen molar-refractivity contribution in [3.05, 3.63) is 35.4 Å². The van der Waals surface area contributed by atoms with Crippen molar-refractivity contribution in [3.63, 3.8) is 0 Å². The molecule has 0 amide bonds. The average molecular weight is 330 g/mol. The van der Waals surface area contributed by atoms with Gasteiger partial charge in [0.1, 0.15) is 0 Å². The molecule has 0 aliphatic heterocycles. The second-order valence-corrected chi connectivity index (χ2v) is 5.37. The highest BCUT2D eigenvalue weighted by molar-refractivity contribution is 6.00. The molecule has 0 bridgehead atoms. The van der Waals surface area contributed by atoms with Crippen molar-refractivity contribution in [2.24, 2.45) is 11.1 Å². The SMILES string of the molecule is COCCC(C(=O)O)(C(=O)O)[C@@H]1c2ccccc2C[C@H]1N.Cl. The third-order valence-electron chi connectivity index (χ3n) is 4.27. The Morgan fingerprint density at radius 2 is 1.91 bits per heavy atom. The number of nitrogens with two attached hydrogens (primary N) is 1. The molecule has 4 N–H and O–H groups in total. The first kappa shape index (κ1) is 18.4. The van der Waals surface area contributed by atoms with E-state index in [1.807, 2.05) is 12.1 Å². The molecule has 2 rings (SSSR count). The zero-order valence-corrected chi connectivity index (χ0v) is 13.0. The molecule has 22 heavy (non-hydrogen) atoms. The largest absolute Gasteiger partial charge is 0.480 e. The lowest BCUT2D eigenvalue weighted by Gasteiger charge is -2.34. The van der Waals surface area contributed by atoms with E-state index in [2.05, 4.69) is 0 Å². The smallest absolute Gasteiger partial charge is 0.321 e. The Morgan fingerprint density at radius 3 is 2.45 bits per heavy atom. The number of carboxylic acid groups (broad SMARTS) is 2. The number of ether oxygens (including phenoxy) is 1. The molecule has 0 heterocycles. The highest BCUT2D eigenvalue weighted by Gasteiger charge is 2.57. The molecule has 1 aromatic carbocycles. The highest BCUT2D eigenvalue weighted by atomic mass is 35.5. The van der Waals surface area contributed by atoms with Gasteiger partial charge in [-0.15, -0.1) is 12.4 Å². The van der Waals surface area contributed by atoms with Crippen LogP contribution in [0.4, 0.5) is 0 Å². The topological polar surface area (TPSA) is 110 Å². The van der Waals surface area contributed by atoms with Gasteiger partial charge in [0.15, 0.2) is 5.41 Å². The maximum atomic E-state index is 11.8. The average Bonchev–Trinajstić information content (AvgIpc) is 2.76. The minimum absolute atomic E-state index is 0. The maximum Gasteiger partial charge on any atom is 0.321 e. The van der Waals surface area contributed by atoms with Crippen molar-refractivity contribution in [2.45, 2.75) is 24.8 Å². The maximum absolute atomic E-state index is 11.8. The molecule has 0 fully saturated rings. The lowest BCUT2D eigenvalue weighted by molar-refractivity contribution is -0.168. The third-order valence-corrected chi connectivity index (χ3v) is 4.27. The Morgan fingerprint density at radius 1 is 1.32 bits per heavy atom. The Labute approximate surface area is 134 Å². The highest BCUT2D eigenvalue weighted by Crippen LogP contribution is 2.47. The van der Waals surface area contributed by atoms with Gasteiger partial charge in [0, 0.05) is 25.7 Å². The first-order valence-electron chi connectivity index (χ1n) is 6.74. The number of benzene rings is 1. The second-order valence-electron chi connectivity index (χ2n) is 5.37. The standard InChI is InChI=1S/C15H19NO5.ClH/c1-21-7-6-15(13(17)18,14(19)20)12-10-5-3-2-4-9(10)8-11(12)16;/h2-5,11-12H,6-8,16H2,1H3,(H,17,18)(H,19,20);1H/t11-,12-;/m1./s1.